The van der Waals surface area contributed by atoms with E-state index in [0.717, 1.165) is 5.75 Å². The lowest BCUT2D eigenvalue weighted by molar-refractivity contribution is 0.157. The zero-order chi connectivity index (χ0) is 17.5. The van der Waals surface area contributed by atoms with Gasteiger partial charge in [0.2, 0.25) is 0 Å². The molecule has 25 heavy (non-hydrogen) atoms. The van der Waals surface area contributed by atoms with Gasteiger partial charge in [-0.25, -0.2) is 0 Å². The molecule has 0 bridgehead atoms. The Morgan fingerprint density at radius 3 is 2.60 bits per heavy atom. The van der Waals surface area contributed by atoms with Crippen LogP contribution in [0.3, 0.4) is 0 Å². The van der Waals surface area contributed by atoms with E-state index in [2.05, 4.69) is 43.5 Å². The van der Waals surface area contributed by atoms with Crippen molar-refractivity contribution in [3.63, 3.8) is 0 Å². The first-order valence-electron chi connectivity index (χ1n) is 9.72. The first kappa shape index (κ1) is 19.0. The summed E-state index contributed by atoms with van der Waals surface area (Å²) in [5.74, 6) is 2.28. The van der Waals surface area contributed by atoms with Crippen molar-refractivity contribution < 1.29 is 4.74 Å². The average molecular weight is 375 g/mol. The molecule has 0 amide bonds. The molecule has 136 valence electrons. The Bertz CT molecular complexity index is 677. The van der Waals surface area contributed by atoms with E-state index < -0.39 is 0 Å². The molecule has 1 nitrogen and oxygen atoms in total. The largest absolute Gasteiger partial charge is 0.490 e. The molecule has 1 aliphatic rings. The van der Waals surface area contributed by atoms with Gasteiger partial charge in [-0.15, -0.1) is 23.5 Å². The molecule has 1 fully saturated rings. The molecule has 0 N–H and O–H groups in total. The highest BCUT2D eigenvalue weighted by molar-refractivity contribution is 8.00. The van der Waals surface area contributed by atoms with Gasteiger partial charge >= 0.3 is 0 Å². The van der Waals surface area contributed by atoms with Crippen LogP contribution in [0.4, 0.5) is 0 Å². The molecule has 2 aromatic carbocycles. The van der Waals surface area contributed by atoms with Gasteiger partial charge in [0.05, 0.1) is 6.10 Å². The van der Waals surface area contributed by atoms with Gasteiger partial charge < -0.3 is 4.74 Å². The van der Waals surface area contributed by atoms with Crippen LogP contribution in [0.2, 0.25) is 0 Å². The number of thioether (sulfide) groups is 2. The Kier molecular flexibility index (Phi) is 7.42. The van der Waals surface area contributed by atoms with E-state index in [1.54, 1.807) is 0 Å². The molecular weight excluding hydrogens is 344 g/mol. The molecule has 0 aliphatic heterocycles. The molecule has 0 spiro atoms. The van der Waals surface area contributed by atoms with Crippen molar-refractivity contribution >= 4 is 34.3 Å². The number of fused-ring (bicyclic) bond motifs is 1. The smallest absolute Gasteiger partial charge is 0.127 e. The van der Waals surface area contributed by atoms with Gasteiger partial charge in [-0.3, -0.25) is 0 Å². The van der Waals surface area contributed by atoms with Crippen molar-refractivity contribution in [2.24, 2.45) is 0 Å². The summed E-state index contributed by atoms with van der Waals surface area (Å²) >= 11 is 3.85. The predicted molar refractivity (Wildman–Crippen MR) is 113 cm³/mol. The minimum atomic E-state index is 0.401. The highest BCUT2D eigenvalue weighted by Gasteiger charge is 2.17. The van der Waals surface area contributed by atoms with Gasteiger partial charge in [-0.2, -0.15) is 0 Å². The zero-order valence-corrected chi connectivity index (χ0v) is 17.2. The molecule has 1 saturated carbocycles. The standard InChI is InChI=1S/C22H30OS2/c1-3-4-8-16-25-21-15-14-19(23-17-10-6-5-7-11-17)18-12-9-13-20(24-2)22(18)21/h9,12-15,17H,3-8,10-11,16H2,1-2H3. The summed E-state index contributed by atoms with van der Waals surface area (Å²) in [6.45, 7) is 2.27. The molecule has 2 aromatic rings. The summed E-state index contributed by atoms with van der Waals surface area (Å²) in [4.78, 5) is 2.77. The van der Waals surface area contributed by atoms with Crippen LogP contribution < -0.4 is 4.74 Å². The van der Waals surface area contributed by atoms with Gasteiger partial charge in [0.15, 0.2) is 0 Å². The molecule has 3 heteroatoms. The molecule has 0 radical (unpaired) electrons. The van der Waals surface area contributed by atoms with E-state index >= 15 is 0 Å². The number of unbranched alkanes of at least 4 members (excludes halogenated alkanes) is 2. The van der Waals surface area contributed by atoms with Crippen LogP contribution in [0.15, 0.2) is 40.1 Å². The Balaban J connectivity index is 1.88. The zero-order valence-electron chi connectivity index (χ0n) is 15.6. The third kappa shape index (κ3) is 4.89. The van der Waals surface area contributed by atoms with Crippen molar-refractivity contribution in [2.75, 3.05) is 12.0 Å². The second-order valence-electron chi connectivity index (χ2n) is 6.88. The number of hydrogen-bond donors (Lipinski definition) is 0. The minimum Gasteiger partial charge on any atom is -0.490 e. The van der Waals surface area contributed by atoms with E-state index in [1.165, 1.54) is 77.7 Å². The van der Waals surface area contributed by atoms with Crippen molar-refractivity contribution in [1.82, 2.24) is 0 Å². The lowest BCUT2D eigenvalue weighted by Crippen LogP contribution is -2.19. The SMILES string of the molecule is CCCCCSc1ccc(OC2CCCCC2)c2cccc(SC)c12. The van der Waals surface area contributed by atoms with Crippen LogP contribution in [0.1, 0.15) is 58.3 Å². The van der Waals surface area contributed by atoms with Crippen molar-refractivity contribution in [2.45, 2.75) is 74.2 Å². The molecule has 0 atom stereocenters. The number of benzene rings is 2. The van der Waals surface area contributed by atoms with Crippen LogP contribution in [0.25, 0.3) is 10.8 Å². The van der Waals surface area contributed by atoms with Crippen LogP contribution in [0.5, 0.6) is 5.75 Å². The Morgan fingerprint density at radius 2 is 1.84 bits per heavy atom. The molecule has 0 aromatic heterocycles. The summed E-state index contributed by atoms with van der Waals surface area (Å²) in [7, 11) is 0. The first-order chi connectivity index (χ1) is 12.3. The summed E-state index contributed by atoms with van der Waals surface area (Å²) in [5, 5.41) is 2.68. The van der Waals surface area contributed by atoms with E-state index in [1.807, 2.05) is 23.5 Å². The molecule has 0 unspecified atom stereocenters. The second kappa shape index (κ2) is 9.78. The Labute approximate surface area is 161 Å². The van der Waals surface area contributed by atoms with Gasteiger partial charge in [0, 0.05) is 20.6 Å². The second-order valence-corrected chi connectivity index (χ2v) is 8.86. The lowest BCUT2D eigenvalue weighted by Gasteiger charge is -2.24. The number of rotatable bonds is 8. The van der Waals surface area contributed by atoms with Gasteiger partial charge in [0.1, 0.15) is 5.75 Å². The molecule has 0 saturated heterocycles. The summed E-state index contributed by atoms with van der Waals surface area (Å²) in [6.07, 6.45) is 12.9. The van der Waals surface area contributed by atoms with Crippen LogP contribution in [-0.2, 0) is 0 Å². The van der Waals surface area contributed by atoms with Crippen LogP contribution in [-0.4, -0.2) is 18.1 Å². The topological polar surface area (TPSA) is 9.23 Å². The fourth-order valence-electron chi connectivity index (χ4n) is 3.60. The molecule has 0 heterocycles. The minimum absolute atomic E-state index is 0.401. The van der Waals surface area contributed by atoms with Gasteiger partial charge in [-0.05, 0) is 62.3 Å². The fourth-order valence-corrected chi connectivity index (χ4v) is 5.41. The normalized spacial score (nSPS) is 15.6. The van der Waals surface area contributed by atoms with Crippen molar-refractivity contribution in [3.05, 3.63) is 30.3 Å². The van der Waals surface area contributed by atoms with E-state index in [4.69, 9.17) is 4.74 Å². The van der Waals surface area contributed by atoms with Crippen LogP contribution in [0, 0.1) is 0 Å². The van der Waals surface area contributed by atoms with E-state index in [0.29, 0.717) is 6.10 Å². The third-order valence-electron chi connectivity index (χ3n) is 5.00. The monoisotopic (exact) mass is 374 g/mol. The maximum atomic E-state index is 6.45. The van der Waals surface area contributed by atoms with Gasteiger partial charge in [0.25, 0.3) is 0 Å². The fraction of sp³-hybridized carbons (Fsp3) is 0.545. The van der Waals surface area contributed by atoms with Gasteiger partial charge in [-0.1, -0.05) is 38.3 Å². The third-order valence-corrected chi connectivity index (χ3v) is 6.92. The van der Waals surface area contributed by atoms with Crippen LogP contribution >= 0.6 is 23.5 Å². The summed E-state index contributed by atoms with van der Waals surface area (Å²) in [6, 6.07) is 11.2. The average Bonchev–Trinajstić information content (AvgIpc) is 2.67. The first-order valence-corrected chi connectivity index (χ1v) is 11.9. The lowest BCUT2D eigenvalue weighted by atomic mass is 9.97. The maximum absolute atomic E-state index is 6.45. The highest BCUT2D eigenvalue weighted by Crippen LogP contribution is 2.40. The number of ether oxygens (including phenoxy) is 1. The van der Waals surface area contributed by atoms with E-state index in [9.17, 15) is 0 Å². The molecular formula is C22H30OS2. The summed E-state index contributed by atoms with van der Waals surface area (Å²) in [5.41, 5.74) is 0. The predicted octanol–water partition coefficient (Wildman–Crippen LogP) is 7.56. The quantitative estimate of drug-likeness (QED) is 0.348. The molecule has 1 aliphatic carbocycles. The number of hydrogen-bond acceptors (Lipinski definition) is 3. The van der Waals surface area contributed by atoms with Crippen molar-refractivity contribution in [3.8, 4) is 5.75 Å². The Morgan fingerprint density at radius 1 is 1.00 bits per heavy atom. The maximum Gasteiger partial charge on any atom is 0.127 e. The Hall–Kier alpha value is -0.800. The molecule has 3 rings (SSSR count). The highest BCUT2D eigenvalue weighted by atomic mass is 32.2. The van der Waals surface area contributed by atoms with E-state index in [-0.39, 0.29) is 0 Å². The van der Waals surface area contributed by atoms with Crippen molar-refractivity contribution in [1.29, 1.82) is 0 Å². The summed E-state index contributed by atoms with van der Waals surface area (Å²) < 4.78 is 6.45.